The van der Waals surface area contributed by atoms with Crippen LogP contribution in [0.15, 0.2) is 96.1 Å². The Hall–Kier alpha value is -5.03. The summed E-state index contributed by atoms with van der Waals surface area (Å²) in [5.74, 6) is -0.407. The maximum absolute atomic E-state index is 13.7. The lowest BCUT2D eigenvalue weighted by Crippen LogP contribution is -2.22. The van der Waals surface area contributed by atoms with E-state index in [9.17, 15) is 9.18 Å². The standard InChI is InChI=1S/C27H21FN6O/c28-23-7-4-8-24(22(23)16-29)33-27(30)34-25-14-11-20(17-31-25)19-9-12-21(13-10-19)32-26(35)15-18-5-2-1-3-6-18/h1-14,17H,15H2,(H,32,35)(H3,30,31,33,34). The molecule has 1 amide bonds. The van der Waals surface area contributed by atoms with E-state index in [0.29, 0.717) is 17.9 Å². The van der Waals surface area contributed by atoms with Gasteiger partial charge in [0.1, 0.15) is 17.4 Å². The van der Waals surface area contributed by atoms with Crippen molar-refractivity contribution in [1.29, 1.82) is 5.26 Å². The summed E-state index contributed by atoms with van der Waals surface area (Å²) in [6, 6.07) is 26.5. The molecular weight excluding hydrogens is 443 g/mol. The van der Waals surface area contributed by atoms with Crippen molar-refractivity contribution >= 4 is 29.1 Å². The van der Waals surface area contributed by atoms with E-state index in [1.807, 2.05) is 60.7 Å². The number of amides is 1. The number of nitrogens with two attached hydrogens (primary N) is 1. The number of hydrogen-bond donors (Lipinski definition) is 3. The molecule has 3 aromatic carbocycles. The summed E-state index contributed by atoms with van der Waals surface area (Å²) in [6.45, 7) is 0. The van der Waals surface area contributed by atoms with Gasteiger partial charge in [-0.2, -0.15) is 10.3 Å². The van der Waals surface area contributed by atoms with Crippen LogP contribution < -0.4 is 16.4 Å². The molecule has 0 fully saturated rings. The quantitative estimate of drug-likeness (QED) is 0.274. The molecular formula is C27H21FN6O. The van der Waals surface area contributed by atoms with Crippen LogP contribution in [-0.2, 0) is 11.2 Å². The second-order valence-corrected chi connectivity index (χ2v) is 7.59. The number of anilines is 2. The molecule has 1 heterocycles. The minimum atomic E-state index is -0.644. The van der Waals surface area contributed by atoms with Gasteiger partial charge in [-0.3, -0.25) is 4.79 Å². The van der Waals surface area contributed by atoms with Crippen molar-refractivity contribution in [2.24, 2.45) is 10.7 Å². The van der Waals surface area contributed by atoms with E-state index in [4.69, 9.17) is 11.0 Å². The summed E-state index contributed by atoms with van der Waals surface area (Å²) < 4.78 is 13.7. The van der Waals surface area contributed by atoms with Gasteiger partial charge in [-0.05, 0) is 47.5 Å². The second kappa shape index (κ2) is 10.7. The van der Waals surface area contributed by atoms with Crippen LogP contribution in [0.1, 0.15) is 11.1 Å². The van der Waals surface area contributed by atoms with Crippen molar-refractivity contribution in [2.45, 2.75) is 6.42 Å². The van der Waals surface area contributed by atoms with E-state index in [2.05, 4.69) is 20.6 Å². The maximum atomic E-state index is 13.7. The Bertz CT molecular complexity index is 1390. The SMILES string of the molecule is N#Cc1c(F)cccc1NC(N)=Nc1ccc(-c2ccc(NC(=O)Cc3ccccc3)cc2)cn1. The van der Waals surface area contributed by atoms with Crippen LogP contribution in [0.4, 0.5) is 21.6 Å². The predicted molar refractivity (Wildman–Crippen MR) is 134 cm³/mol. The number of halogens is 1. The molecule has 1 aromatic heterocycles. The molecule has 0 aliphatic carbocycles. The van der Waals surface area contributed by atoms with Gasteiger partial charge in [-0.15, -0.1) is 0 Å². The largest absolute Gasteiger partial charge is 0.369 e. The molecule has 0 spiro atoms. The number of carbonyl (C=O) groups is 1. The Morgan fingerprint density at radius 1 is 0.943 bits per heavy atom. The number of nitriles is 1. The van der Waals surface area contributed by atoms with Crippen LogP contribution in [0.2, 0.25) is 0 Å². The molecule has 0 aliphatic rings. The third-order valence-electron chi connectivity index (χ3n) is 5.08. The van der Waals surface area contributed by atoms with Gasteiger partial charge in [0.05, 0.1) is 12.1 Å². The van der Waals surface area contributed by atoms with E-state index in [1.165, 1.54) is 18.2 Å². The summed E-state index contributed by atoms with van der Waals surface area (Å²) in [7, 11) is 0. The Labute approximate surface area is 201 Å². The Morgan fingerprint density at radius 2 is 1.69 bits per heavy atom. The van der Waals surface area contributed by atoms with Crippen LogP contribution in [0, 0.1) is 17.1 Å². The molecule has 7 nitrogen and oxygen atoms in total. The fourth-order valence-corrected chi connectivity index (χ4v) is 3.39. The fourth-order valence-electron chi connectivity index (χ4n) is 3.39. The summed E-state index contributed by atoms with van der Waals surface area (Å²) in [4.78, 5) is 20.7. The zero-order valence-corrected chi connectivity index (χ0v) is 18.6. The first-order chi connectivity index (χ1) is 17.0. The van der Waals surface area contributed by atoms with Crippen molar-refractivity contribution in [1.82, 2.24) is 4.98 Å². The monoisotopic (exact) mass is 464 g/mol. The summed E-state index contributed by atoms with van der Waals surface area (Å²) in [5, 5.41) is 14.7. The van der Waals surface area contributed by atoms with E-state index >= 15 is 0 Å². The number of carbonyl (C=O) groups excluding carboxylic acids is 1. The first kappa shape index (κ1) is 23.1. The van der Waals surface area contributed by atoms with Crippen LogP contribution in [0.25, 0.3) is 11.1 Å². The highest BCUT2D eigenvalue weighted by atomic mass is 19.1. The zero-order valence-electron chi connectivity index (χ0n) is 18.6. The van der Waals surface area contributed by atoms with Gasteiger partial charge >= 0.3 is 0 Å². The summed E-state index contributed by atoms with van der Waals surface area (Å²) in [5.41, 5.74) is 9.41. The number of aromatic nitrogens is 1. The van der Waals surface area contributed by atoms with Crippen LogP contribution in [0.3, 0.4) is 0 Å². The normalized spacial score (nSPS) is 10.9. The van der Waals surface area contributed by atoms with Gasteiger partial charge in [0.25, 0.3) is 0 Å². The Morgan fingerprint density at radius 3 is 2.37 bits per heavy atom. The lowest BCUT2D eigenvalue weighted by atomic mass is 10.1. The molecule has 0 saturated carbocycles. The van der Waals surface area contributed by atoms with E-state index in [0.717, 1.165) is 16.7 Å². The molecule has 0 saturated heterocycles. The van der Waals surface area contributed by atoms with Crippen LogP contribution in [-0.4, -0.2) is 16.9 Å². The number of pyridine rings is 1. The van der Waals surface area contributed by atoms with E-state index in [1.54, 1.807) is 18.3 Å². The molecule has 172 valence electrons. The molecule has 0 bridgehead atoms. The van der Waals surface area contributed by atoms with Crippen LogP contribution in [0.5, 0.6) is 0 Å². The van der Waals surface area contributed by atoms with Crippen molar-refractivity contribution in [3.8, 4) is 17.2 Å². The molecule has 0 radical (unpaired) electrons. The third kappa shape index (κ3) is 6.06. The average Bonchev–Trinajstić information content (AvgIpc) is 2.86. The predicted octanol–water partition coefficient (Wildman–Crippen LogP) is 5.00. The minimum absolute atomic E-state index is 0.0250. The number of guanidine groups is 1. The highest BCUT2D eigenvalue weighted by Crippen LogP contribution is 2.23. The van der Waals surface area contributed by atoms with Gasteiger partial charge in [-0.25, -0.2) is 9.37 Å². The Balaban J connectivity index is 1.39. The van der Waals surface area contributed by atoms with Gasteiger partial charge in [0.2, 0.25) is 5.91 Å². The van der Waals surface area contributed by atoms with E-state index < -0.39 is 5.82 Å². The van der Waals surface area contributed by atoms with Crippen molar-refractivity contribution < 1.29 is 9.18 Å². The average molecular weight is 465 g/mol. The molecule has 4 rings (SSSR count). The zero-order chi connectivity index (χ0) is 24.6. The first-order valence-electron chi connectivity index (χ1n) is 10.7. The van der Waals surface area contributed by atoms with E-state index in [-0.39, 0.29) is 23.1 Å². The van der Waals surface area contributed by atoms with Crippen molar-refractivity contribution in [2.75, 3.05) is 10.6 Å². The molecule has 4 aromatic rings. The minimum Gasteiger partial charge on any atom is -0.369 e. The number of nitrogens with zero attached hydrogens (tertiary/aromatic N) is 3. The molecule has 0 atom stereocenters. The van der Waals surface area contributed by atoms with Crippen LogP contribution >= 0.6 is 0 Å². The number of rotatable bonds is 6. The molecule has 35 heavy (non-hydrogen) atoms. The lowest BCUT2D eigenvalue weighted by Gasteiger charge is -2.08. The smallest absolute Gasteiger partial charge is 0.228 e. The molecule has 4 N–H and O–H groups in total. The Kier molecular flexibility index (Phi) is 7.09. The molecule has 0 unspecified atom stereocenters. The van der Waals surface area contributed by atoms with Crippen molar-refractivity contribution in [3.63, 3.8) is 0 Å². The number of hydrogen-bond acceptors (Lipinski definition) is 4. The summed E-state index contributed by atoms with van der Waals surface area (Å²) in [6.07, 6.45) is 1.96. The van der Waals surface area contributed by atoms with Gasteiger partial charge in [0, 0.05) is 17.4 Å². The van der Waals surface area contributed by atoms with Crippen molar-refractivity contribution in [3.05, 3.63) is 108 Å². The second-order valence-electron chi connectivity index (χ2n) is 7.59. The number of benzene rings is 3. The highest BCUT2D eigenvalue weighted by molar-refractivity contribution is 5.95. The first-order valence-corrected chi connectivity index (χ1v) is 10.7. The molecule has 8 heteroatoms. The maximum Gasteiger partial charge on any atom is 0.228 e. The number of nitrogens with one attached hydrogen (secondary N) is 2. The van der Waals surface area contributed by atoms with Gasteiger partial charge in [0.15, 0.2) is 11.8 Å². The number of aliphatic imine (C=N–C) groups is 1. The fraction of sp³-hybridized carbons (Fsp3) is 0.0370. The van der Waals surface area contributed by atoms with Gasteiger partial charge in [-0.1, -0.05) is 48.5 Å². The lowest BCUT2D eigenvalue weighted by molar-refractivity contribution is -0.115. The third-order valence-corrected chi connectivity index (χ3v) is 5.08. The highest BCUT2D eigenvalue weighted by Gasteiger charge is 2.09. The van der Waals surface area contributed by atoms with Gasteiger partial charge < -0.3 is 16.4 Å². The summed E-state index contributed by atoms with van der Waals surface area (Å²) >= 11 is 0. The topological polar surface area (TPSA) is 116 Å². The molecule has 0 aliphatic heterocycles.